The summed E-state index contributed by atoms with van der Waals surface area (Å²) >= 11 is 0. The van der Waals surface area contributed by atoms with Crippen molar-refractivity contribution in [2.24, 2.45) is 0 Å². The molecule has 0 aliphatic rings. The number of methoxy groups -OCH3 is 2. The molecule has 6 heteroatoms. The van der Waals surface area contributed by atoms with Gasteiger partial charge in [0.05, 0.1) is 27.2 Å². The zero-order valence-electron chi connectivity index (χ0n) is 11.9. The van der Waals surface area contributed by atoms with Crippen molar-refractivity contribution in [3.05, 3.63) is 18.2 Å². The van der Waals surface area contributed by atoms with Crippen LogP contribution in [-0.2, 0) is 14.3 Å². The van der Waals surface area contributed by atoms with Gasteiger partial charge in [-0.3, -0.25) is 9.59 Å². The number of benzene rings is 1. The molecule has 110 valence electrons. The van der Waals surface area contributed by atoms with Crippen LogP contribution in [-0.4, -0.2) is 32.7 Å². The van der Waals surface area contributed by atoms with Gasteiger partial charge in [-0.25, -0.2) is 0 Å². The van der Waals surface area contributed by atoms with E-state index >= 15 is 0 Å². The zero-order valence-corrected chi connectivity index (χ0v) is 11.9. The molecule has 0 saturated heterocycles. The summed E-state index contributed by atoms with van der Waals surface area (Å²) in [6.45, 7) is 2.04. The minimum Gasteiger partial charge on any atom is -0.493 e. The molecule has 1 N–H and O–H groups in total. The van der Waals surface area contributed by atoms with Crippen molar-refractivity contribution in [2.45, 2.75) is 19.8 Å². The number of carbonyl (C=O) groups excluding carboxylic acids is 2. The molecule has 0 saturated carbocycles. The van der Waals surface area contributed by atoms with Crippen LogP contribution in [0.25, 0.3) is 0 Å². The minimum atomic E-state index is -0.380. The van der Waals surface area contributed by atoms with Crippen molar-refractivity contribution < 1.29 is 23.8 Å². The second-order valence-electron chi connectivity index (χ2n) is 3.92. The molecule has 1 rings (SSSR count). The van der Waals surface area contributed by atoms with Crippen LogP contribution in [0.3, 0.4) is 0 Å². The number of esters is 1. The van der Waals surface area contributed by atoms with E-state index in [1.165, 1.54) is 14.2 Å². The Kier molecular flexibility index (Phi) is 6.36. The van der Waals surface area contributed by atoms with Crippen molar-refractivity contribution in [1.82, 2.24) is 0 Å². The van der Waals surface area contributed by atoms with Crippen LogP contribution >= 0.6 is 0 Å². The number of nitrogens with one attached hydrogen (secondary N) is 1. The van der Waals surface area contributed by atoms with E-state index in [9.17, 15) is 9.59 Å². The van der Waals surface area contributed by atoms with E-state index in [0.717, 1.165) is 0 Å². The molecule has 0 heterocycles. The van der Waals surface area contributed by atoms with Crippen molar-refractivity contribution in [3.63, 3.8) is 0 Å². The lowest BCUT2D eigenvalue weighted by atomic mass is 10.2. The molecule has 0 aromatic heterocycles. The van der Waals surface area contributed by atoms with Gasteiger partial charge in [-0.15, -0.1) is 0 Å². The standard InChI is InChI=1S/C14H19NO5/c1-4-20-14(17)8-7-13(16)15-10-5-6-11(18-2)12(9-10)19-3/h5-6,9H,4,7-8H2,1-3H3,(H,15,16). The van der Waals surface area contributed by atoms with E-state index in [1.54, 1.807) is 25.1 Å². The molecule has 0 spiro atoms. The zero-order chi connectivity index (χ0) is 15.0. The van der Waals surface area contributed by atoms with Crippen LogP contribution in [0.1, 0.15) is 19.8 Å². The molecule has 6 nitrogen and oxygen atoms in total. The molecular weight excluding hydrogens is 262 g/mol. The second-order valence-corrected chi connectivity index (χ2v) is 3.92. The summed E-state index contributed by atoms with van der Waals surface area (Å²) < 4.78 is 15.0. The van der Waals surface area contributed by atoms with Gasteiger partial charge in [-0.05, 0) is 19.1 Å². The Hall–Kier alpha value is -2.24. The second kappa shape index (κ2) is 8.04. The third-order valence-corrected chi connectivity index (χ3v) is 2.53. The summed E-state index contributed by atoms with van der Waals surface area (Å²) in [7, 11) is 3.06. The molecule has 0 fully saturated rings. The van der Waals surface area contributed by atoms with E-state index in [4.69, 9.17) is 14.2 Å². The van der Waals surface area contributed by atoms with Gasteiger partial charge >= 0.3 is 5.97 Å². The van der Waals surface area contributed by atoms with Gasteiger partial charge in [0.25, 0.3) is 0 Å². The summed E-state index contributed by atoms with van der Waals surface area (Å²) in [5, 5.41) is 2.68. The van der Waals surface area contributed by atoms with E-state index in [-0.39, 0.29) is 24.7 Å². The number of hydrogen-bond donors (Lipinski definition) is 1. The highest BCUT2D eigenvalue weighted by molar-refractivity contribution is 5.92. The molecule has 0 radical (unpaired) electrons. The van der Waals surface area contributed by atoms with Gasteiger partial charge in [0, 0.05) is 18.2 Å². The topological polar surface area (TPSA) is 73.9 Å². The summed E-state index contributed by atoms with van der Waals surface area (Å²) in [5.41, 5.74) is 0.580. The SMILES string of the molecule is CCOC(=O)CCC(=O)Nc1ccc(OC)c(OC)c1. The van der Waals surface area contributed by atoms with Crippen molar-refractivity contribution in [1.29, 1.82) is 0 Å². The number of carbonyl (C=O) groups is 2. The Balaban J connectivity index is 2.55. The average molecular weight is 281 g/mol. The van der Waals surface area contributed by atoms with Crippen LogP contribution in [0.5, 0.6) is 11.5 Å². The number of rotatable bonds is 7. The van der Waals surface area contributed by atoms with Crippen LogP contribution in [0.15, 0.2) is 18.2 Å². The minimum absolute atomic E-state index is 0.0625. The highest BCUT2D eigenvalue weighted by Gasteiger charge is 2.10. The molecule has 0 atom stereocenters. The first-order valence-electron chi connectivity index (χ1n) is 6.28. The van der Waals surface area contributed by atoms with Crippen molar-refractivity contribution in [2.75, 3.05) is 26.1 Å². The van der Waals surface area contributed by atoms with E-state index in [1.807, 2.05) is 0 Å². The number of amides is 1. The van der Waals surface area contributed by atoms with Gasteiger partial charge in [-0.2, -0.15) is 0 Å². The predicted octanol–water partition coefficient (Wildman–Crippen LogP) is 1.99. The van der Waals surface area contributed by atoms with Gasteiger partial charge in [0.15, 0.2) is 11.5 Å². The molecule has 0 aliphatic carbocycles. The Morgan fingerprint density at radius 3 is 2.40 bits per heavy atom. The average Bonchev–Trinajstić information content (AvgIpc) is 2.45. The highest BCUT2D eigenvalue weighted by Crippen LogP contribution is 2.29. The fraction of sp³-hybridized carbons (Fsp3) is 0.429. The molecule has 0 aliphatic heterocycles. The van der Waals surface area contributed by atoms with Crippen molar-refractivity contribution in [3.8, 4) is 11.5 Å². The smallest absolute Gasteiger partial charge is 0.306 e. The fourth-order valence-corrected chi connectivity index (χ4v) is 1.59. The number of anilines is 1. The van der Waals surface area contributed by atoms with Crippen LogP contribution in [0, 0.1) is 0 Å². The first kappa shape index (κ1) is 15.8. The van der Waals surface area contributed by atoms with Gasteiger partial charge < -0.3 is 19.5 Å². The molecule has 1 amide bonds. The van der Waals surface area contributed by atoms with Crippen molar-refractivity contribution >= 4 is 17.6 Å². The Labute approximate surface area is 118 Å². The molecule has 0 bridgehead atoms. The number of ether oxygens (including phenoxy) is 3. The van der Waals surface area contributed by atoms with Gasteiger partial charge in [-0.1, -0.05) is 0 Å². The third kappa shape index (κ3) is 4.79. The highest BCUT2D eigenvalue weighted by atomic mass is 16.5. The molecule has 0 unspecified atom stereocenters. The first-order chi connectivity index (χ1) is 9.60. The van der Waals surface area contributed by atoms with Crippen LogP contribution in [0.4, 0.5) is 5.69 Å². The lowest BCUT2D eigenvalue weighted by Crippen LogP contribution is -2.14. The molecule has 20 heavy (non-hydrogen) atoms. The Bertz CT molecular complexity index is 473. The summed E-state index contributed by atoms with van der Waals surface area (Å²) in [6, 6.07) is 5.05. The van der Waals surface area contributed by atoms with E-state index < -0.39 is 0 Å². The largest absolute Gasteiger partial charge is 0.493 e. The van der Waals surface area contributed by atoms with Gasteiger partial charge in [0.2, 0.25) is 5.91 Å². The monoisotopic (exact) mass is 281 g/mol. The lowest BCUT2D eigenvalue weighted by Gasteiger charge is -2.10. The first-order valence-corrected chi connectivity index (χ1v) is 6.28. The number of hydrogen-bond acceptors (Lipinski definition) is 5. The Morgan fingerprint density at radius 2 is 1.80 bits per heavy atom. The molecule has 1 aromatic rings. The fourth-order valence-electron chi connectivity index (χ4n) is 1.59. The van der Waals surface area contributed by atoms with E-state index in [0.29, 0.717) is 23.8 Å². The van der Waals surface area contributed by atoms with Crippen LogP contribution < -0.4 is 14.8 Å². The molecule has 1 aromatic carbocycles. The maximum absolute atomic E-state index is 11.7. The maximum Gasteiger partial charge on any atom is 0.306 e. The quantitative estimate of drug-likeness (QED) is 0.774. The van der Waals surface area contributed by atoms with E-state index in [2.05, 4.69) is 5.32 Å². The lowest BCUT2D eigenvalue weighted by molar-refractivity contribution is -0.144. The Morgan fingerprint density at radius 1 is 1.10 bits per heavy atom. The molecular formula is C14H19NO5. The summed E-state index contributed by atoms with van der Waals surface area (Å²) in [4.78, 5) is 22.8. The summed E-state index contributed by atoms with van der Waals surface area (Å²) in [5.74, 6) is 0.466. The third-order valence-electron chi connectivity index (χ3n) is 2.53. The summed E-state index contributed by atoms with van der Waals surface area (Å²) in [6.07, 6.45) is 0.139. The predicted molar refractivity (Wildman–Crippen MR) is 74.0 cm³/mol. The van der Waals surface area contributed by atoms with Crippen LogP contribution in [0.2, 0.25) is 0 Å². The maximum atomic E-state index is 11.7. The normalized spacial score (nSPS) is 9.75. The van der Waals surface area contributed by atoms with Gasteiger partial charge in [0.1, 0.15) is 0 Å².